The Labute approximate surface area is 177 Å². The molecule has 1 aliphatic rings. The van der Waals surface area contributed by atoms with E-state index in [1.807, 2.05) is 31.2 Å². The van der Waals surface area contributed by atoms with Crippen LogP contribution in [0.2, 0.25) is 0 Å². The molecule has 8 heteroatoms. The predicted molar refractivity (Wildman–Crippen MR) is 118 cm³/mol. The Bertz CT molecular complexity index is 1170. The second-order valence-corrected chi connectivity index (χ2v) is 10.4. The Kier molecular flexibility index (Phi) is 5.97. The molecule has 2 aromatic heterocycles. The number of hydrogen-bond donors (Lipinski definition) is 0. The van der Waals surface area contributed by atoms with Gasteiger partial charge in [-0.2, -0.15) is 4.36 Å². The highest BCUT2D eigenvalue weighted by atomic mass is 32.2. The zero-order chi connectivity index (χ0) is 21.1. The zero-order valence-electron chi connectivity index (χ0n) is 17.5. The highest BCUT2D eigenvalue weighted by molar-refractivity contribution is 7.92. The number of aryl methyl sites for hydroxylation is 1. The van der Waals surface area contributed by atoms with Gasteiger partial charge in [-0.25, -0.2) is 19.2 Å². The molecule has 0 amide bonds. The Balaban J connectivity index is 1.69. The first-order chi connectivity index (χ1) is 14.4. The molecule has 3 aromatic rings. The Morgan fingerprint density at radius 2 is 2.00 bits per heavy atom. The van der Waals surface area contributed by atoms with Crippen LogP contribution in [0.3, 0.4) is 0 Å². The van der Waals surface area contributed by atoms with Crippen molar-refractivity contribution in [3.63, 3.8) is 0 Å². The van der Waals surface area contributed by atoms with E-state index in [0.717, 1.165) is 53.8 Å². The Hall–Kier alpha value is -2.58. The SMILES string of the molecule is Cc1cc(N=S(C)(C)=O)cc2ncnc(Cc3cccnc3OC3CCOCC3)c12. The fraction of sp³-hybridized carbons (Fsp3) is 0.409. The van der Waals surface area contributed by atoms with Crippen molar-refractivity contribution in [2.45, 2.75) is 32.3 Å². The summed E-state index contributed by atoms with van der Waals surface area (Å²) < 4.78 is 28.0. The van der Waals surface area contributed by atoms with Gasteiger partial charge in [0.15, 0.2) is 0 Å². The number of nitrogens with zero attached hydrogens (tertiary/aromatic N) is 4. The maximum Gasteiger partial charge on any atom is 0.217 e. The molecule has 0 unspecified atom stereocenters. The molecule has 0 aliphatic carbocycles. The van der Waals surface area contributed by atoms with Gasteiger partial charge in [0.05, 0.1) is 30.1 Å². The fourth-order valence-corrected chi connectivity index (χ4v) is 4.30. The van der Waals surface area contributed by atoms with E-state index in [4.69, 9.17) is 9.47 Å². The number of rotatable bonds is 5. The molecule has 1 saturated heterocycles. The molecule has 0 radical (unpaired) electrons. The molecule has 0 N–H and O–H groups in total. The number of fused-ring (bicyclic) bond motifs is 1. The summed E-state index contributed by atoms with van der Waals surface area (Å²) in [5.41, 5.74) is 4.36. The first kappa shape index (κ1) is 20.7. The number of aromatic nitrogens is 3. The summed E-state index contributed by atoms with van der Waals surface area (Å²) in [4.78, 5) is 13.5. The van der Waals surface area contributed by atoms with Gasteiger partial charge in [0.25, 0.3) is 0 Å². The summed E-state index contributed by atoms with van der Waals surface area (Å²) in [7, 11) is -2.24. The molecule has 30 heavy (non-hydrogen) atoms. The summed E-state index contributed by atoms with van der Waals surface area (Å²) in [6.07, 6.45) is 9.01. The van der Waals surface area contributed by atoms with Crippen LogP contribution in [0.1, 0.15) is 29.7 Å². The lowest BCUT2D eigenvalue weighted by Gasteiger charge is -2.23. The van der Waals surface area contributed by atoms with Gasteiger partial charge >= 0.3 is 0 Å². The predicted octanol–water partition coefficient (Wildman–Crippen LogP) is 3.84. The van der Waals surface area contributed by atoms with Crippen LogP contribution in [-0.4, -0.2) is 51.0 Å². The van der Waals surface area contributed by atoms with Crippen LogP contribution in [0.5, 0.6) is 5.88 Å². The number of ether oxygens (including phenoxy) is 2. The second kappa shape index (κ2) is 8.65. The fourth-order valence-electron chi connectivity index (χ4n) is 3.69. The minimum Gasteiger partial charge on any atom is -0.474 e. The standard InChI is InChI=1S/C22H26N4O3S/c1-15-11-17(26-30(2,3)27)13-20-21(15)19(24-14-25-20)12-16-5-4-8-23-22(16)29-18-6-9-28-10-7-18/h4-5,8,11,13-14,18H,6-7,9-10,12H2,1-3H3. The van der Waals surface area contributed by atoms with E-state index < -0.39 is 9.73 Å². The molecular weight excluding hydrogens is 400 g/mol. The highest BCUT2D eigenvalue weighted by Gasteiger charge is 2.19. The van der Waals surface area contributed by atoms with Crippen LogP contribution in [0, 0.1) is 6.92 Å². The van der Waals surface area contributed by atoms with Crippen molar-refractivity contribution < 1.29 is 13.7 Å². The van der Waals surface area contributed by atoms with Gasteiger partial charge in [-0.3, -0.25) is 0 Å². The third kappa shape index (κ3) is 4.94. The molecular formula is C22H26N4O3S. The van der Waals surface area contributed by atoms with E-state index in [1.54, 1.807) is 25.0 Å². The first-order valence-electron chi connectivity index (χ1n) is 9.99. The summed E-state index contributed by atoms with van der Waals surface area (Å²) in [5, 5.41) is 0.982. The molecule has 0 bridgehead atoms. The summed E-state index contributed by atoms with van der Waals surface area (Å²) in [6, 6.07) is 7.74. The zero-order valence-corrected chi connectivity index (χ0v) is 18.3. The van der Waals surface area contributed by atoms with Crippen LogP contribution in [0.25, 0.3) is 10.9 Å². The van der Waals surface area contributed by atoms with E-state index in [-0.39, 0.29) is 6.10 Å². The van der Waals surface area contributed by atoms with Crippen LogP contribution in [0.15, 0.2) is 41.2 Å². The normalized spacial score (nSPS) is 15.3. The van der Waals surface area contributed by atoms with Crippen LogP contribution < -0.4 is 4.74 Å². The molecule has 1 aromatic carbocycles. The van der Waals surface area contributed by atoms with Gasteiger partial charge in [0, 0.05) is 58.6 Å². The van der Waals surface area contributed by atoms with E-state index in [9.17, 15) is 4.21 Å². The Morgan fingerprint density at radius 1 is 1.20 bits per heavy atom. The smallest absolute Gasteiger partial charge is 0.217 e. The number of hydrogen-bond acceptors (Lipinski definition) is 7. The van der Waals surface area contributed by atoms with Crippen molar-refractivity contribution in [1.82, 2.24) is 15.0 Å². The van der Waals surface area contributed by atoms with E-state index >= 15 is 0 Å². The van der Waals surface area contributed by atoms with E-state index in [2.05, 4.69) is 19.3 Å². The third-order valence-electron chi connectivity index (χ3n) is 4.98. The third-order valence-corrected chi connectivity index (χ3v) is 5.63. The molecule has 1 aliphatic heterocycles. The molecule has 0 saturated carbocycles. The van der Waals surface area contributed by atoms with Crippen LogP contribution >= 0.6 is 0 Å². The molecule has 1 fully saturated rings. The lowest BCUT2D eigenvalue weighted by molar-refractivity contribution is 0.0233. The van der Waals surface area contributed by atoms with Crippen molar-refractivity contribution >= 4 is 26.3 Å². The van der Waals surface area contributed by atoms with Crippen molar-refractivity contribution in [3.8, 4) is 5.88 Å². The van der Waals surface area contributed by atoms with Crippen molar-refractivity contribution in [1.29, 1.82) is 0 Å². The number of pyridine rings is 1. The minimum atomic E-state index is -2.24. The lowest BCUT2D eigenvalue weighted by Crippen LogP contribution is -2.26. The van der Waals surface area contributed by atoms with Gasteiger partial charge in [0.1, 0.15) is 12.4 Å². The van der Waals surface area contributed by atoms with Gasteiger partial charge in [-0.1, -0.05) is 6.07 Å². The first-order valence-corrected chi connectivity index (χ1v) is 12.3. The Morgan fingerprint density at radius 3 is 2.77 bits per heavy atom. The van der Waals surface area contributed by atoms with Crippen molar-refractivity contribution in [3.05, 3.63) is 53.6 Å². The van der Waals surface area contributed by atoms with E-state index in [0.29, 0.717) is 18.0 Å². The summed E-state index contributed by atoms with van der Waals surface area (Å²) >= 11 is 0. The highest BCUT2D eigenvalue weighted by Crippen LogP contribution is 2.29. The summed E-state index contributed by atoms with van der Waals surface area (Å²) in [6.45, 7) is 3.44. The van der Waals surface area contributed by atoms with Crippen molar-refractivity contribution in [2.24, 2.45) is 4.36 Å². The monoisotopic (exact) mass is 426 g/mol. The quantitative estimate of drug-likeness (QED) is 0.616. The van der Waals surface area contributed by atoms with Crippen LogP contribution in [-0.2, 0) is 20.9 Å². The largest absolute Gasteiger partial charge is 0.474 e. The maximum absolute atomic E-state index is 12.1. The summed E-state index contributed by atoms with van der Waals surface area (Å²) in [5.74, 6) is 0.650. The topological polar surface area (TPSA) is 86.6 Å². The second-order valence-electron chi connectivity index (χ2n) is 7.82. The van der Waals surface area contributed by atoms with Crippen LogP contribution in [0.4, 0.5) is 5.69 Å². The van der Waals surface area contributed by atoms with E-state index in [1.165, 1.54) is 0 Å². The molecule has 7 nitrogen and oxygen atoms in total. The number of benzene rings is 1. The maximum atomic E-state index is 12.1. The van der Waals surface area contributed by atoms with Gasteiger partial charge in [-0.15, -0.1) is 0 Å². The molecule has 0 atom stereocenters. The molecule has 3 heterocycles. The van der Waals surface area contributed by atoms with Gasteiger partial charge < -0.3 is 9.47 Å². The molecule has 0 spiro atoms. The minimum absolute atomic E-state index is 0.124. The average molecular weight is 427 g/mol. The van der Waals surface area contributed by atoms with Gasteiger partial charge in [0.2, 0.25) is 5.88 Å². The average Bonchev–Trinajstić information content (AvgIpc) is 2.69. The lowest BCUT2D eigenvalue weighted by atomic mass is 10.0. The van der Waals surface area contributed by atoms with Crippen molar-refractivity contribution in [2.75, 3.05) is 25.7 Å². The molecule has 4 rings (SSSR count). The molecule has 158 valence electrons. The van der Waals surface area contributed by atoms with Gasteiger partial charge in [-0.05, 0) is 30.7 Å².